The molecular formula is C9H18N2. The lowest BCUT2D eigenvalue weighted by Crippen LogP contribution is -2.67. The Balaban J connectivity index is 1.79. The molecule has 0 aromatic rings. The van der Waals surface area contributed by atoms with Crippen LogP contribution in [0.2, 0.25) is 0 Å². The average Bonchev–Trinajstić information content (AvgIpc) is 1.83. The normalized spacial score (nSPS) is 37.4. The molecule has 1 N–H and O–H groups in total. The van der Waals surface area contributed by atoms with Crippen molar-refractivity contribution in [1.29, 1.82) is 0 Å². The van der Waals surface area contributed by atoms with Gasteiger partial charge in [0.1, 0.15) is 0 Å². The summed E-state index contributed by atoms with van der Waals surface area (Å²) in [6.07, 6.45) is 1.43. The average molecular weight is 154 g/mol. The van der Waals surface area contributed by atoms with E-state index in [1.54, 1.807) is 0 Å². The van der Waals surface area contributed by atoms with Crippen molar-refractivity contribution in [2.24, 2.45) is 5.92 Å². The minimum absolute atomic E-state index is 0.826. The van der Waals surface area contributed by atoms with E-state index in [0.717, 1.165) is 18.0 Å². The van der Waals surface area contributed by atoms with Crippen LogP contribution in [0.25, 0.3) is 0 Å². The largest absolute Gasteiger partial charge is 0.309 e. The van der Waals surface area contributed by atoms with E-state index in [1.165, 1.54) is 26.1 Å². The molecule has 2 unspecified atom stereocenters. The Labute approximate surface area is 69.0 Å². The summed E-state index contributed by atoms with van der Waals surface area (Å²) in [6, 6.07) is 1.65. The minimum atomic E-state index is 0.826. The predicted molar refractivity (Wildman–Crippen MR) is 46.6 cm³/mol. The van der Waals surface area contributed by atoms with Gasteiger partial charge in [-0.1, -0.05) is 13.8 Å². The molecule has 64 valence electrons. The number of piperazine rings is 1. The van der Waals surface area contributed by atoms with E-state index in [0.29, 0.717) is 0 Å². The molecule has 3 heterocycles. The Morgan fingerprint density at radius 2 is 1.91 bits per heavy atom. The molecule has 2 nitrogen and oxygen atoms in total. The van der Waals surface area contributed by atoms with Gasteiger partial charge in [-0.2, -0.15) is 0 Å². The summed E-state index contributed by atoms with van der Waals surface area (Å²) in [4.78, 5) is 2.60. The standard InChI is InChI=1S/C9H18N2/c1-7(2)4-11-5-8-3-9(6-11)10-8/h7-10H,3-6H2,1-2H3. The Morgan fingerprint density at radius 3 is 2.36 bits per heavy atom. The quantitative estimate of drug-likeness (QED) is 0.629. The highest BCUT2D eigenvalue weighted by Gasteiger charge is 2.35. The van der Waals surface area contributed by atoms with Gasteiger partial charge in [0.15, 0.2) is 0 Å². The highest BCUT2D eigenvalue weighted by atomic mass is 15.3. The fourth-order valence-electron chi connectivity index (χ4n) is 2.27. The maximum absolute atomic E-state index is 3.54. The fourth-order valence-corrected chi connectivity index (χ4v) is 2.27. The molecule has 3 aliphatic heterocycles. The molecule has 0 saturated carbocycles. The molecule has 3 saturated heterocycles. The Bertz CT molecular complexity index is 126. The van der Waals surface area contributed by atoms with Gasteiger partial charge >= 0.3 is 0 Å². The molecule has 0 radical (unpaired) electrons. The molecule has 0 amide bonds. The van der Waals surface area contributed by atoms with Crippen LogP contribution in [-0.4, -0.2) is 36.6 Å². The zero-order valence-electron chi connectivity index (χ0n) is 7.51. The SMILES string of the molecule is CC(C)CN1CC2CC(C1)N2. The summed E-state index contributed by atoms with van der Waals surface area (Å²) in [5, 5.41) is 3.54. The van der Waals surface area contributed by atoms with Crippen LogP contribution < -0.4 is 5.32 Å². The third-order valence-electron chi connectivity index (χ3n) is 2.62. The highest BCUT2D eigenvalue weighted by Crippen LogP contribution is 2.21. The van der Waals surface area contributed by atoms with Gasteiger partial charge in [0, 0.05) is 31.7 Å². The lowest BCUT2D eigenvalue weighted by molar-refractivity contribution is 0.0696. The van der Waals surface area contributed by atoms with Crippen molar-refractivity contribution in [2.45, 2.75) is 32.4 Å². The second-order valence-electron chi connectivity index (χ2n) is 4.41. The number of rotatable bonds is 2. The third kappa shape index (κ3) is 1.57. The van der Waals surface area contributed by atoms with Gasteiger partial charge in [-0.25, -0.2) is 0 Å². The molecule has 0 aliphatic carbocycles. The van der Waals surface area contributed by atoms with Crippen molar-refractivity contribution in [1.82, 2.24) is 10.2 Å². The van der Waals surface area contributed by atoms with Crippen LogP contribution in [0, 0.1) is 5.92 Å². The summed E-state index contributed by atoms with van der Waals surface area (Å²) < 4.78 is 0. The van der Waals surface area contributed by atoms with Crippen LogP contribution in [0.5, 0.6) is 0 Å². The fraction of sp³-hybridized carbons (Fsp3) is 1.00. The number of hydrogen-bond acceptors (Lipinski definition) is 2. The van der Waals surface area contributed by atoms with E-state index >= 15 is 0 Å². The molecule has 2 bridgehead atoms. The lowest BCUT2D eigenvalue weighted by atomic mass is 9.91. The summed E-state index contributed by atoms with van der Waals surface area (Å²) in [6.45, 7) is 8.46. The zero-order valence-corrected chi connectivity index (χ0v) is 7.51. The summed E-state index contributed by atoms with van der Waals surface area (Å²) in [5.41, 5.74) is 0. The van der Waals surface area contributed by atoms with E-state index in [1.807, 2.05) is 0 Å². The van der Waals surface area contributed by atoms with Crippen molar-refractivity contribution in [3.05, 3.63) is 0 Å². The number of nitrogens with one attached hydrogen (secondary N) is 1. The number of hydrogen-bond donors (Lipinski definition) is 1. The van der Waals surface area contributed by atoms with Gasteiger partial charge < -0.3 is 5.32 Å². The molecule has 2 heteroatoms. The van der Waals surface area contributed by atoms with E-state index in [9.17, 15) is 0 Å². The maximum Gasteiger partial charge on any atom is 0.0213 e. The van der Waals surface area contributed by atoms with E-state index in [2.05, 4.69) is 24.1 Å². The second kappa shape index (κ2) is 2.76. The Kier molecular flexibility index (Phi) is 1.90. The predicted octanol–water partition coefficient (Wildman–Crippen LogP) is 0.688. The third-order valence-corrected chi connectivity index (χ3v) is 2.62. The van der Waals surface area contributed by atoms with Crippen molar-refractivity contribution < 1.29 is 0 Å². The van der Waals surface area contributed by atoms with E-state index < -0.39 is 0 Å². The van der Waals surface area contributed by atoms with Gasteiger partial charge in [-0.05, 0) is 12.3 Å². The van der Waals surface area contributed by atoms with Crippen LogP contribution in [0.1, 0.15) is 20.3 Å². The van der Waals surface area contributed by atoms with Crippen molar-refractivity contribution in [2.75, 3.05) is 19.6 Å². The second-order valence-corrected chi connectivity index (χ2v) is 4.41. The van der Waals surface area contributed by atoms with Gasteiger partial charge in [-0.3, -0.25) is 4.90 Å². The van der Waals surface area contributed by atoms with Crippen molar-refractivity contribution >= 4 is 0 Å². The van der Waals surface area contributed by atoms with Gasteiger partial charge in [0.2, 0.25) is 0 Å². The van der Waals surface area contributed by atoms with Crippen LogP contribution >= 0.6 is 0 Å². The highest BCUT2D eigenvalue weighted by molar-refractivity contribution is 4.97. The van der Waals surface area contributed by atoms with E-state index in [-0.39, 0.29) is 0 Å². The van der Waals surface area contributed by atoms with Gasteiger partial charge in [0.25, 0.3) is 0 Å². The topological polar surface area (TPSA) is 15.3 Å². The van der Waals surface area contributed by atoms with Gasteiger partial charge in [0.05, 0.1) is 0 Å². The lowest BCUT2D eigenvalue weighted by Gasteiger charge is -2.48. The van der Waals surface area contributed by atoms with Crippen molar-refractivity contribution in [3.63, 3.8) is 0 Å². The van der Waals surface area contributed by atoms with E-state index in [4.69, 9.17) is 0 Å². The number of nitrogens with zero attached hydrogens (tertiary/aromatic N) is 1. The van der Waals surface area contributed by atoms with Crippen LogP contribution in [-0.2, 0) is 0 Å². The number of fused-ring (bicyclic) bond motifs is 2. The molecule has 0 aromatic carbocycles. The molecule has 3 fully saturated rings. The Hall–Kier alpha value is -0.0800. The molecule has 2 atom stereocenters. The first kappa shape index (κ1) is 7.56. The molecular weight excluding hydrogens is 136 g/mol. The van der Waals surface area contributed by atoms with Crippen LogP contribution in [0.4, 0.5) is 0 Å². The van der Waals surface area contributed by atoms with Crippen LogP contribution in [0.3, 0.4) is 0 Å². The van der Waals surface area contributed by atoms with Crippen LogP contribution in [0.15, 0.2) is 0 Å². The summed E-state index contributed by atoms with van der Waals surface area (Å²) in [7, 11) is 0. The molecule has 3 rings (SSSR count). The molecule has 0 spiro atoms. The minimum Gasteiger partial charge on any atom is -0.309 e. The smallest absolute Gasteiger partial charge is 0.0213 e. The number of piperidine rings is 1. The first-order valence-electron chi connectivity index (χ1n) is 4.72. The first-order chi connectivity index (χ1) is 5.24. The Morgan fingerprint density at radius 1 is 1.36 bits per heavy atom. The molecule has 3 aliphatic rings. The molecule has 0 aromatic heterocycles. The van der Waals surface area contributed by atoms with Crippen molar-refractivity contribution in [3.8, 4) is 0 Å². The maximum atomic E-state index is 3.54. The molecule has 11 heavy (non-hydrogen) atoms. The summed E-state index contributed by atoms with van der Waals surface area (Å²) in [5.74, 6) is 0.826. The summed E-state index contributed by atoms with van der Waals surface area (Å²) >= 11 is 0. The van der Waals surface area contributed by atoms with Gasteiger partial charge in [-0.15, -0.1) is 0 Å². The monoisotopic (exact) mass is 154 g/mol. The first-order valence-corrected chi connectivity index (χ1v) is 4.72. The zero-order chi connectivity index (χ0) is 7.84.